The van der Waals surface area contributed by atoms with Gasteiger partial charge in [0.05, 0.1) is 12.0 Å². The third kappa shape index (κ3) is 3.51. The fourth-order valence-electron chi connectivity index (χ4n) is 1.84. The third-order valence-corrected chi connectivity index (χ3v) is 3.07. The monoisotopic (exact) mass is 301 g/mol. The number of hydrogen-bond donors (Lipinski definition) is 1. The molecular weight excluding hydrogens is 286 g/mol. The second-order valence-electron chi connectivity index (χ2n) is 4.50. The number of amides is 1. The summed E-state index contributed by atoms with van der Waals surface area (Å²) >= 11 is 0. The Morgan fingerprint density at radius 2 is 1.59 bits per heavy atom. The van der Waals surface area contributed by atoms with Crippen molar-refractivity contribution in [2.24, 2.45) is 0 Å². The van der Waals surface area contributed by atoms with Crippen LogP contribution in [0.15, 0.2) is 48.5 Å². The van der Waals surface area contributed by atoms with E-state index >= 15 is 0 Å². The number of ether oxygens (including phenoxy) is 1. The van der Waals surface area contributed by atoms with Gasteiger partial charge in [0, 0.05) is 36.2 Å². The van der Waals surface area contributed by atoms with Crippen molar-refractivity contribution in [1.82, 2.24) is 0 Å². The molecular formula is C15H15N3O4. The van der Waals surface area contributed by atoms with Gasteiger partial charge in [-0.05, 0) is 36.4 Å². The minimum atomic E-state index is -0.448. The van der Waals surface area contributed by atoms with Gasteiger partial charge in [-0.2, -0.15) is 0 Å². The molecule has 7 nitrogen and oxygen atoms in total. The van der Waals surface area contributed by atoms with E-state index in [-0.39, 0.29) is 5.69 Å². The standard InChI is InChI=1S/C15H15N3O4/c1-17(15(19)22-2)13-7-3-11(4-8-13)16-12-5-9-14(10-6-12)18(20)21/h3-10,16H,1-2H3. The molecule has 0 radical (unpaired) electrons. The molecule has 0 bridgehead atoms. The predicted molar refractivity (Wildman–Crippen MR) is 83.6 cm³/mol. The van der Waals surface area contributed by atoms with Crippen molar-refractivity contribution < 1.29 is 14.5 Å². The lowest BCUT2D eigenvalue weighted by Crippen LogP contribution is -2.25. The van der Waals surface area contributed by atoms with Gasteiger partial charge in [-0.3, -0.25) is 15.0 Å². The van der Waals surface area contributed by atoms with Crippen LogP contribution in [-0.4, -0.2) is 25.2 Å². The van der Waals surface area contributed by atoms with Crippen LogP contribution in [0.2, 0.25) is 0 Å². The minimum absolute atomic E-state index is 0.0422. The zero-order valence-electron chi connectivity index (χ0n) is 12.1. The Bertz CT molecular complexity index is 668. The van der Waals surface area contributed by atoms with Crippen LogP contribution < -0.4 is 10.2 Å². The van der Waals surface area contributed by atoms with Crippen molar-refractivity contribution in [3.05, 3.63) is 58.6 Å². The van der Waals surface area contributed by atoms with Gasteiger partial charge >= 0.3 is 6.09 Å². The molecule has 114 valence electrons. The molecule has 0 saturated carbocycles. The van der Waals surface area contributed by atoms with Crippen LogP contribution in [0.1, 0.15) is 0 Å². The lowest BCUT2D eigenvalue weighted by atomic mass is 10.2. The Morgan fingerprint density at radius 1 is 1.09 bits per heavy atom. The molecule has 1 N–H and O–H groups in total. The molecule has 2 aromatic carbocycles. The number of nitro benzene ring substituents is 1. The quantitative estimate of drug-likeness (QED) is 0.689. The van der Waals surface area contributed by atoms with Crippen LogP contribution in [0.3, 0.4) is 0 Å². The van der Waals surface area contributed by atoms with Crippen LogP contribution >= 0.6 is 0 Å². The van der Waals surface area contributed by atoms with Gasteiger partial charge in [0.15, 0.2) is 0 Å². The highest BCUT2D eigenvalue weighted by atomic mass is 16.6. The Kier molecular flexibility index (Phi) is 4.57. The molecule has 0 aliphatic carbocycles. The number of carbonyl (C=O) groups is 1. The molecule has 2 aromatic rings. The van der Waals surface area contributed by atoms with E-state index in [0.717, 1.165) is 11.4 Å². The zero-order chi connectivity index (χ0) is 16.1. The van der Waals surface area contributed by atoms with Crippen molar-refractivity contribution in [1.29, 1.82) is 0 Å². The molecule has 0 heterocycles. The van der Waals surface area contributed by atoms with E-state index in [1.807, 2.05) is 0 Å². The van der Waals surface area contributed by atoms with Crippen LogP contribution in [0, 0.1) is 10.1 Å². The summed E-state index contributed by atoms with van der Waals surface area (Å²) in [6.45, 7) is 0. The number of nitro groups is 1. The van der Waals surface area contributed by atoms with Gasteiger partial charge in [0.2, 0.25) is 0 Å². The third-order valence-electron chi connectivity index (χ3n) is 3.07. The van der Waals surface area contributed by atoms with Crippen LogP contribution in [0.25, 0.3) is 0 Å². The number of hydrogen-bond acceptors (Lipinski definition) is 5. The molecule has 0 saturated heterocycles. The highest BCUT2D eigenvalue weighted by Crippen LogP contribution is 2.22. The number of nitrogens with zero attached hydrogens (tertiary/aromatic N) is 2. The largest absolute Gasteiger partial charge is 0.452 e. The second-order valence-corrected chi connectivity index (χ2v) is 4.50. The molecule has 0 aliphatic rings. The van der Waals surface area contributed by atoms with Crippen LogP contribution in [0.5, 0.6) is 0 Å². The zero-order valence-corrected chi connectivity index (χ0v) is 12.1. The summed E-state index contributed by atoms with van der Waals surface area (Å²) in [5.41, 5.74) is 2.28. The average Bonchev–Trinajstić information content (AvgIpc) is 2.54. The number of rotatable bonds is 4. The van der Waals surface area contributed by atoms with E-state index in [2.05, 4.69) is 10.1 Å². The fourth-order valence-corrected chi connectivity index (χ4v) is 1.84. The van der Waals surface area contributed by atoms with Gasteiger partial charge in [-0.25, -0.2) is 4.79 Å². The van der Waals surface area contributed by atoms with Crippen molar-refractivity contribution in [3.8, 4) is 0 Å². The minimum Gasteiger partial charge on any atom is -0.452 e. The van der Waals surface area contributed by atoms with Gasteiger partial charge < -0.3 is 10.1 Å². The molecule has 0 spiro atoms. The van der Waals surface area contributed by atoms with E-state index in [1.165, 1.54) is 24.1 Å². The number of non-ortho nitro benzene ring substituents is 1. The molecule has 0 aromatic heterocycles. The fraction of sp³-hybridized carbons (Fsp3) is 0.133. The number of benzene rings is 2. The molecule has 0 aliphatic heterocycles. The lowest BCUT2D eigenvalue weighted by Gasteiger charge is -2.16. The van der Waals surface area contributed by atoms with E-state index < -0.39 is 11.0 Å². The maximum atomic E-state index is 11.4. The Labute approximate surface area is 127 Å². The number of nitrogens with one attached hydrogen (secondary N) is 1. The number of methoxy groups -OCH3 is 1. The maximum absolute atomic E-state index is 11.4. The Balaban J connectivity index is 2.08. The molecule has 0 atom stereocenters. The van der Waals surface area contributed by atoms with E-state index in [0.29, 0.717) is 5.69 Å². The molecule has 2 rings (SSSR count). The number of carbonyl (C=O) groups excluding carboxylic acids is 1. The summed E-state index contributed by atoms with van der Waals surface area (Å²) in [5.74, 6) is 0. The summed E-state index contributed by atoms with van der Waals surface area (Å²) in [7, 11) is 2.94. The van der Waals surface area contributed by atoms with Gasteiger partial charge in [-0.15, -0.1) is 0 Å². The lowest BCUT2D eigenvalue weighted by molar-refractivity contribution is -0.384. The normalized spacial score (nSPS) is 9.91. The van der Waals surface area contributed by atoms with E-state index in [4.69, 9.17) is 0 Å². The summed E-state index contributed by atoms with van der Waals surface area (Å²) in [6.07, 6.45) is -0.448. The number of anilines is 3. The summed E-state index contributed by atoms with van der Waals surface area (Å²) in [5, 5.41) is 13.7. The van der Waals surface area contributed by atoms with E-state index in [9.17, 15) is 14.9 Å². The predicted octanol–water partition coefficient (Wildman–Crippen LogP) is 3.54. The first-order valence-electron chi connectivity index (χ1n) is 6.44. The second kappa shape index (κ2) is 6.57. The van der Waals surface area contributed by atoms with Crippen molar-refractivity contribution in [2.45, 2.75) is 0 Å². The van der Waals surface area contributed by atoms with Crippen molar-refractivity contribution >= 4 is 28.8 Å². The molecule has 1 amide bonds. The summed E-state index contributed by atoms with van der Waals surface area (Å²) < 4.78 is 4.64. The Morgan fingerprint density at radius 3 is 2.05 bits per heavy atom. The SMILES string of the molecule is COC(=O)N(C)c1ccc(Nc2ccc([N+](=O)[O-])cc2)cc1. The first kappa shape index (κ1) is 15.3. The maximum Gasteiger partial charge on any atom is 0.413 e. The summed E-state index contributed by atoms with van der Waals surface area (Å²) in [6, 6.07) is 13.3. The molecule has 7 heteroatoms. The molecule has 0 fully saturated rings. The van der Waals surface area contributed by atoms with Crippen LogP contribution in [0.4, 0.5) is 27.5 Å². The molecule has 0 unspecified atom stereocenters. The van der Waals surface area contributed by atoms with Crippen molar-refractivity contribution in [2.75, 3.05) is 24.4 Å². The summed E-state index contributed by atoms with van der Waals surface area (Å²) in [4.78, 5) is 22.9. The van der Waals surface area contributed by atoms with E-state index in [1.54, 1.807) is 43.4 Å². The smallest absolute Gasteiger partial charge is 0.413 e. The highest BCUT2D eigenvalue weighted by molar-refractivity contribution is 5.87. The van der Waals surface area contributed by atoms with Crippen LogP contribution in [-0.2, 0) is 4.74 Å². The molecule has 22 heavy (non-hydrogen) atoms. The first-order valence-corrected chi connectivity index (χ1v) is 6.44. The Hall–Kier alpha value is -3.09. The topological polar surface area (TPSA) is 84.7 Å². The van der Waals surface area contributed by atoms with Gasteiger partial charge in [0.1, 0.15) is 0 Å². The average molecular weight is 301 g/mol. The van der Waals surface area contributed by atoms with Crippen molar-refractivity contribution in [3.63, 3.8) is 0 Å². The van der Waals surface area contributed by atoms with Gasteiger partial charge in [-0.1, -0.05) is 0 Å². The first-order chi connectivity index (χ1) is 10.5. The van der Waals surface area contributed by atoms with Gasteiger partial charge in [0.25, 0.3) is 5.69 Å². The highest BCUT2D eigenvalue weighted by Gasteiger charge is 2.10.